The first-order valence-electron chi connectivity index (χ1n) is 9.82. The van der Waals surface area contributed by atoms with E-state index in [1.165, 1.54) is 25.1 Å². The summed E-state index contributed by atoms with van der Waals surface area (Å²) in [6.07, 6.45) is -2.45. The van der Waals surface area contributed by atoms with E-state index in [0.717, 1.165) is 17.8 Å². The molecule has 0 aliphatic rings. The van der Waals surface area contributed by atoms with Crippen molar-refractivity contribution in [2.24, 2.45) is 0 Å². The number of aliphatic hydroxyl groups is 4. The van der Waals surface area contributed by atoms with Crippen molar-refractivity contribution in [3.63, 3.8) is 0 Å². The van der Waals surface area contributed by atoms with E-state index < -0.39 is 52.8 Å². The fourth-order valence-electron chi connectivity index (χ4n) is 3.09. The second kappa shape index (κ2) is 11.7. The van der Waals surface area contributed by atoms with Crippen LogP contribution in [0.1, 0.15) is 19.1 Å². The predicted octanol–water partition coefficient (Wildman–Crippen LogP) is 0.996. The summed E-state index contributed by atoms with van der Waals surface area (Å²) in [6, 6.07) is 2.28. The van der Waals surface area contributed by atoms with Crippen molar-refractivity contribution in [1.29, 1.82) is 0 Å². The minimum Gasteiger partial charge on any atom is -0.507 e. The van der Waals surface area contributed by atoms with Crippen LogP contribution in [0.4, 0.5) is 0 Å². The molecule has 2 aromatic rings. The van der Waals surface area contributed by atoms with E-state index in [-0.39, 0.29) is 40.1 Å². The van der Waals surface area contributed by atoms with Gasteiger partial charge in [-0.15, -0.1) is 11.8 Å². The van der Waals surface area contributed by atoms with Crippen LogP contribution in [0.25, 0.3) is 10.8 Å². The Morgan fingerprint density at radius 3 is 2.45 bits per heavy atom. The third-order valence-corrected chi connectivity index (χ3v) is 6.56. The van der Waals surface area contributed by atoms with Crippen LogP contribution in [0.3, 0.4) is 0 Å². The summed E-state index contributed by atoms with van der Waals surface area (Å²) in [5, 5.41) is 67.1. The number of benzene rings is 1. The number of thioether (sulfide) groups is 1. The standard InChI is InChI=1S/C21H25ClO10S/c1-9(23)5-15(27)19(33-8-16(28)20(29)30)12(24)4-2-3-10-6-11-17(21(31)32-10)13(25)7-14(26)18(11)22/h2,4,6-7,9,12,15-16,19,23-28H,3,5,8H2,1H3,(H,29,30)/t9-,12-,15-,16+,19-/m1/s1. The second-order valence-corrected chi connectivity index (χ2v) is 9.03. The summed E-state index contributed by atoms with van der Waals surface area (Å²) >= 11 is 6.85. The van der Waals surface area contributed by atoms with Gasteiger partial charge in [0.1, 0.15) is 22.6 Å². The van der Waals surface area contributed by atoms with Gasteiger partial charge in [-0.3, -0.25) is 0 Å². The lowest BCUT2D eigenvalue weighted by Gasteiger charge is -2.26. The molecular formula is C21H25ClO10S. The topological polar surface area (TPSA) is 189 Å². The molecule has 0 aliphatic heterocycles. The number of carboxylic acids is 1. The number of aliphatic hydroxyl groups excluding tert-OH is 4. The van der Waals surface area contributed by atoms with E-state index >= 15 is 0 Å². The zero-order valence-electron chi connectivity index (χ0n) is 17.5. The maximum absolute atomic E-state index is 12.2. The van der Waals surface area contributed by atoms with Crippen LogP contribution >= 0.6 is 23.4 Å². The number of halogens is 1. The number of hydrogen-bond donors (Lipinski definition) is 7. The Labute approximate surface area is 197 Å². The number of phenols is 2. The third kappa shape index (κ3) is 7.10. The predicted molar refractivity (Wildman–Crippen MR) is 122 cm³/mol. The van der Waals surface area contributed by atoms with E-state index in [1.807, 2.05) is 0 Å². The van der Waals surface area contributed by atoms with Gasteiger partial charge in [-0.25, -0.2) is 9.59 Å². The molecule has 0 fully saturated rings. The number of allylic oxidation sites excluding steroid dienone is 1. The van der Waals surface area contributed by atoms with Crippen molar-refractivity contribution in [1.82, 2.24) is 0 Å². The number of phenolic OH excluding ortho intramolecular Hbond substituents is 2. The van der Waals surface area contributed by atoms with Gasteiger partial charge in [-0.2, -0.15) is 0 Å². The molecule has 2 rings (SSSR count). The summed E-state index contributed by atoms with van der Waals surface area (Å²) in [6.45, 7) is 1.45. The second-order valence-electron chi connectivity index (χ2n) is 7.44. The lowest BCUT2D eigenvalue weighted by molar-refractivity contribution is -0.145. The average Bonchev–Trinajstić information content (AvgIpc) is 2.70. The molecule has 0 spiro atoms. The Morgan fingerprint density at radius 1 is 1.18 bits per heavy atom. The molecule has 1 heterocycles. The van der Waals surface area contributed by atoms with Crippen molar-refractivity contribution in [2.45, 2.75) is 49.4 Å². The molecule has 0 radical (unpaired) electrons. The van der Waals surface area contributed by atoms with Gasteiger partial charge < -0.3 is 40.2 Å². The van der Waals surface area contributed by atoms with Gasteiger partial charge in [0.15, 0.2) is 6.10 Å². The van der Waals surface area contributed by atoms with E-state index in [2.05, 4.69) is 0 Å². The molecule has 7 N–H and O–H groups in total. The largest absolute Gasteiger partial charge is 0.507 e. The molecule has 1 aromatic heterocycles. The molecule has 0 saturated heterocycles. The molecule has 0 amide bonds. The van der Waals surface area contributed by atoms with Gasteiger partial charge in [0, 0.05) is 30.0 Å². The fraction of sp³-hybridized carbons (Fsp3) is 0.429. The summed E-state index contributed by atoms with van der Waals surface area (Å²) in [5.74, 6) is -2.54. The molecule has 182 valence electrons. The van der Waals surface area contributed by atoms with E-state index in [1.54, 1.807) is 0 Å². The van der Waals surface area contributed by atoms with Crippen LogP contribution < -0.4 is 5.63 Å². The third-order valence-electron chi connectivity index (χ3n) is 4.68. The van der Waals surface area contributed by atoms with Gasteiger partial charge in [0.2, 0.25) is 0 Å². The number of carbonyl (C=O) groups is 1. The molecule has 0 unspecified atom stereocenters. The fourth-order valence-corrected chi connectivity index (χ4v) is 4.46. The van der Waals surface area contributed by atoms with Crippen LogP contribution in [0.15, 0.2) is 33.5 Å². The molecule has 1 aromatic carbocycles. The highest BCUT2D eigenvalue weighted by molar-refractivity contribution is 8.00. The van der Waals surface area contributed by atoms with Crippen LogP contribution in [0, 0.1) is 0 Å². The molecule has 0 aliphatic carbocycles. The van der Waals surface area contributed by atoms with Gasteiger partial charge in [-0.1, -0.05) is 23.8 Å². The van der Waals surface area contributed by atoms with Gasteiger partial charge in [0.25, 0.3) is 0 Å². The Balaban J connectivity index is 2.21. The maximum atomic E-state index is 12.2. The molecule has 10 nitrogen and oxygen atoms in total. The molecular weight excluding hydrogens is 480 g/mol. The zero-order chi connectivity index (χ0) is 24.9. The highest BCUT2D eigenvalue weighted by atomic mass is 35.5. The van der Waals surface area contributed by atoms with E-state index in [0.29, 0.717) is 0 Å². The van der Waals surface area contributed by atoms with Gasteiger partial charge >= 0.3 is 11.6 Å². The summed E-state index contributed by atoms with van der Waals surface area (Å²) in [4.78, 5) is 23.0. The number of hydrogen-bond acceptors (Lipinski definition) is 10. The molecule has 0 bridgehead atoms. The monoisotopic (exact) mass is 504 g/mol. The number of carboxylic acid groups (broad SMARTS) is 1. The molecule has 12 heteroatoms. The first-order valence-corrected chi connectivity index (χ1v) is 11.3. The summed E-state index contributed by atoms with van der Waals surface area (Å²) in [7, 11) is 0. The van der Waals surface area contributed by atoms with Crippen molar-refractivity contribution >= 4 is 40.1 Å². The van der Waals surface area contributed by atoms with Gasteiger partial charge in [0.05, 0.1) is 28.6 Å². The first kappa shape index (κ1) is 27.0. The molecule has 5 atom stereocenters. The van der Waals surface area contributed by atoms with E-state index in [4.69, 9.17) is 21.1 Å². The minimum atomic E-state index is -1.70. The number of rotatable bonds is 11. The summed E-state index contributed by atoms with van der Waals surface area (Å²) < 4.78 is 5.14. The molecule has 0 saturated carbocycles. The van der Waals surface area contributed by atoms with Crippen LogP contribution in [0.2, 0.25) is 5.02 Å². The van der Waals surface area contributed by atoms with Crippen molar-refractivity contribution in [3.05, 3.63) is 45.5 Å². The molecule has 33 heavy (non-hydrogen) atoms. The smallest absolute Gasteiger partial charge is 0.347 e. The highest BCUT2D eigenvalue weighted by Gasteiger charge is 2.29. The minimum absolute atomic E-state index is 0.00335. The Bertz CT molecular complexity index is 1070. The Morgan fingerprint density at radius 2 is 1.85 bits per heavy atom. The Kier molecular flexibility index (Phi) is 9.58. The lowest BCUT2D eigenvalue weighted by atomic mass is 10.0. The quantitative estimate of drug-likeness (QED) is 0.216. The maximum Gasteiger partial charge on any atom is 0.347 e. The lowest BCUT2D eigenvalue weighted by Crippen LogP contribution is -2.37. The number of aliphatic carboxylic acids is 1. The first-order chi connectivity index (χ1) is 15.4. The zero-order valence-corrected chi connectivity index (χ0v) is 19.0. The normalized spacial score (nSPS) is 16.5. The van der Waals surface area contributed by atoms with Crippen LogP contribution in [-0.4, -0.2) is 77.1 Å². The summed E-state index contributed by atoms with van der Waals surface area (Å²) in [5.41, 5.74) is -0.876. The van der Waals surface area contributed by atoms with Crippen LogP contribution in [-0.2, 0) is 11.2 Å². The van der Waals surface area contributed by atoms with Crippen molar-refractivity contribution in [3.8, 4) is 11.5 Å². The highest BCUT2D eigenvalue weighted by Crippen LogP contribution is 2.36. The number of aromatic hydroxyl groups is 2. The number of fused-ring (bicyclic) bond motifs is 1. The van der Waals surface area contributed by atoms with E-state index in [9.17, 15) is 40.2 Å². The van der Waals surface area contributed by atoms with Crippen LogP contribution in [0.5, 0.6) is 11.5 Å². The Hall–Kier alpha value is -2.28. The van der Waals surface area contributed by atoms with Crippen molar-refractivity contribution < 1.29 is 45.0 Å². The average molecular weight is 505 g/mol. The SMILES string of the molecule is C[C@@H](O)C[C@@H](O)[C@H](SC[C@H](O)C(=O)O)[C@H](O)C=CCc1cc2c(Cl)c(O)cc(O)c2c(=O)o1. The van der Waals surface area contributed by atoms with Crippen molar-refractivity contribution in [2.75, 3.05) is 5.75 Å². The van der Waals surface area contributed by atoms with Gasteiger partial charge in [-0.05, 0) is 13.0 Å².